The first-order chi connectivity index (χ1) is 7.59. The Kier molecular flexibility index (Phi) is 4.52. The number of anilines is 1. The number of hydrogen-bond acceptors (Lipinski definition) is 6. The Balaban J connectivity index is 2.65. The molecule has 0 amide bonds. The molecule has 0 saturated carbocycles. The lowest BCUT2D eigenvalue weighted by atomic mass is 10.1. The van der Waals surface area contributed by atoms with E-state index in [1.54, 1.807) is 24.8 Å². The van der Waals surface area contributed by atoms with Gasteiger partial charge in [0.2, 0.25) is 0 Å². The minimum Gasteiger partial charge on any atom is -0.387 e. The second-order valence-corrected chi connectivity index (χ2v) is 4.55. The molecule has 1 unspecified atom stereocenters. The summed E-state index contributed by atoms with van der Waals surface area (Å²) in [6.07, 6.45) is 3.39. The molecule has 1 heterocycles. The molecule has 2 N–H and O–H groups in total. The SMILES string of the molecule is CSCC(C)(O)CNc1nnccc1C#N. The highest BCUT2D eigenvalue weighted by Crippen LogP contribution is 2.13. The fourth-order valence-corrected chi connectivity index (χ4v) is 1.91. The summed E-state index contributed by atoms with van der Waals surface area (Å²) in [5.41, 5.74) is -0.404. The predicted molar refractivity (Wildman–Crippen MR) is 64.2 cm³/mol. The average Bonchev–Trinajstić information content (AvgIpc) is 2.27. The third-order valence-corrected chi connectivity index (χ3v) is 2.84. The monoisotopic (exact) mass is 238 g/mol. The third-order valence-electron chi connectivity index (χ3n) is 1.93. The number of nitrogens with zero attached hydrogens (tertiary/aromatic N) is 3. The Morgan fingerprint density at radius 1 is 1.69 bits per heavy atom. The van der Waals surface area contributed by atoms with Gasteiger partial charge in [-0.25, -0.2) is 0 Å². The van der Waals surface area contributed by atoms with Crippen LogP contribution in [0.25, 0.3) is 0 Å². The van der Waals surface area contributed by atoms with E-state index in [4.69, 9.17) is 5.26 Å². The van der Waals surface area contributed by atoms with E-state index in [-0.39, 0.29) is 0 Å². The highest BCUT2D eigenvalue weighted by molar-refractivity contribution is 7.98. The maximum absolute atomic E-state index is 9.92. The predicted octanol–water partition coefficient (Wildman–Crippen LogP) is 0.874. The van der Waals surface area contributed by atoms with Gasteiger partial charge < -0.3 is 10.4 Å². The van der Waals surface area contributed by atoms with Crippen LogP contribution in [0.4, 0.5) is 5.82 Å². The molecule has 1 aromatic heterocycles. The highest BCUT2D eigenvalue weighted by atomic mass is 32.2. The summed E-state index contributed by atoms with van der Waals surface area (Å²) in [6.45, 7) is 2.07. The van der Waals surface area contributed by atoms with Crippen molar-refractivity contribution >= 4 is 17.6 Å². The van der Waals surface area contributed by atoms with E-state index in [9.17, 15) is 5.11 Å². The zero-order chi connectivity index (χ0) is 12.0. The van der Waals surface area contributed by atoms with Gasteiger partial charge in [0.05, 0.1) is 17.4 Å². The molecule has 0 saturated heterocycles. The maximum Gasteiger partial charge on any atom is 0.166 e. The minimum atomic E-state index is -0.830. The molecular formula is C10H14N4OS. The smallest absolute Gasteiger partial charge is 0.166 e. The molecular weight excluding hydrogens is 224 g/mol. The fourth-order valence-electron chi connectivity index (χ4n) is 1.19. The van der Waals surface area contributed by atoms with Gasteiger partial charge in [-0.15, -0.1) is 5.10 Å². The van der Waals surface area contributed by atoms with E-state index >= 15 is 0 Å². The number of nitrogens with one attached hydrogen (secondary N) is 1. The lowest BCUT2D eigenvalue weighted by molar-refractivity contribution is 0.0996. The van der Waals surface area contributed by atoms with Crippen molar-refractivity contribution in [1.29, 1.82) is 5.26 Å². The Hall–Kier alpha value is -1.32. The summed E-state index contributed by atoms with van der Waals surface area (Å²) in [7, 11) is 0. The first-order valence-electron chi connectivity index (χ1n) is 4.76. The van der Waals surface area contributed by atoms with Gasteiger partial charge in [-0.2, -0.15) is 22.1 Å². The van der Waals surface area contributed by atoms with Gasteiger partial charge >= 0.3 is 0 Å². The van der Waals surface area contributed by atoms with Crippen LogP contribution in [-0.4, -0.2) is 39.5 Å². The number of hydrogen-bond donors (Lipinski definition) is 2. The molecule has 0 spiro atoms. The van der Waals surface area contributed by atoms with Crippen LogP contribution in [0.2, 0.25) is 0 Å². The molecule has 0 aliphatic rings. The zero-order valence-electron chi connectivity index (χ0n) is 9.27. The zero-order valence-corrected chi connectivity index (χ0v) is 10.1. The van der Waals surface area contributed by atoms with Gasteiger partial charge in [0.1, 0.15) is 6.07 Å². The average molecular weight is 238 g/mol. The topological polar surface area (TPSA) is 81.8 Å². The van der Waals surface area contributed by atoms with Crippen molar-refractivity contribution in [1.82, 2.24) is 10.2 Å². The van der Waals surface area contributed by atoms with E-state index in [2.05, 4.69) is 15.5 Å². The summed E-state index contributed by atoms with van der Waals surface area (Å²) in [5.74, 6) is 1.02. The quantitative estimate of drug-likeness (QED) is 0.792. The first-order valence-corrected chi connectivity index (χ1v) is 6.15. The fraction of sp³-hybridized carbons (Fsp3) is 0.500. The van der Waals surface area contributed by atoms with Crippen LogP contribution in [0.5, 0.6) is 0 Å². The lowest BCUT2D eigenvalue weighted by Gasteiger charge is -2.22. The Bertz CT molecular complexity index is 389. The molecule has 1 rings (SSSR count). The van der Waals surface area contributed by atoms with Crippen molar-refractivity contribution < 1.29 is 5.11 Å². The van der Waals surface area contributed by atoms with E-state index < -0.39 is 5.60 Å². The third kappa shape index (κ3) is 3.68. The van der Waals surface area contributed by atoms with Crippen molar-refractivity contribution in [2.75, 3.05) is 23.9 Å². The number of thioether (sulfide) groups is 1. The maximum atomic E-state index is 9.92. The number of rotatable bonds is 5. The summed E-state index contributed by atoms with van der Waals surface area (Å²) in [6, 6.07) is 3.59. The molecule has 5 nitrogen and oxygen atoms in total. The van der Waals surface area contributed by atoms with Crippen LogP contribution in [0.1, 0.15) is 12.5 Å². The summed E-state index contributed by atoms with van der Waals surface area (Å²) >= 11 is 1.56. The molecule has 86 valence electrons. The van der Waals surface area contributed by atoms with Gasteiger partial charge in [0.15, 0.2) is 5.82 Å². The standard InChI is InChI=1S/C10H14N4OS/c1-10(15,7-16-2)6-12-9-8(5-11)3-4-13-14-9/h3-4,15H,6-7H2,1-2H3,(H,12,14). The summed E-state index contributed by atoms with van der Waals surface area (Å²) in [4.78, 5) is 0. The molecule has 16 heavy (non-hydrogen) atoms. The van der Waals surface area contributed by atoms with Crippen LogP contribution in [0, 0.1) is 11.3 Å². The molecule has 0 aliphatic carbocycles. The van der Waals surface area contributed by atoms with Gasteiger partial charge in [0.25, 0.3) is 0 Å². The van der Waals surface area contributed by atoms with Gasteiger partial charge in [0, 0.05) is 12.3 Å². The van der Waals surface area contributed by atoms with Crippen molar-refractivity contribution in [2.45, 2.75) is 12.5 Å². The Morgan fingerprint density at radius 3 is 3.06 bits per heavy atom. The largest absolute Gasteiger partial charge is 0.387 e. The molecule has 1 aromatic rings. The number of aromatic nitrogens is 2. The van der Waals surface area contributed by atoms with Gasteiger partial charge in [-0.05, 0) is 19.2 Å². The minimum absolute atomic E-state index is 0.335. The molecule has 1 atom stereocenters. The molecule has 0 radical (unpaired) electrons. The van der Waals surface area contributed by atoms with E-state index in [1.165, 1.54) is 6.20 Å². The second-order valence-electron chi connectivity index (χ2n) is 3.69. The highest BCUT2D eigenvalue weighted by Gasteiger charge is 2.19. The van der Waals surface area contributed by atoms with Crippen LogP contribution < -0.4 is 5.32 Å². The van der Waals surface area contributed by atoms with E-state index in [0.717, 1.165) is 0 Å². The normalized spacial score (nSPS) is 13.9. The Labute approximate surface area is 98.9 Å². The van der Waals surface area contributed by atoms with Crippen LogP contribution in [0.3, 0.4) is 0 Å². The number of nitriles is 1. The van der Waals surface area contributed by atoms with E-state index in [1.807, 2.05) is 12.3 Å². The van der Waals surface area contributed by atoms with Gasteiger partial charge in [-0.1, -0.05) is 0 Å². The van der Waals surface area contributed by atoms with Crippen molar-refractivity contribution in [2.24, 2.45) is 0 Å². The van der Waals surface area contributed by atoms with Crippen LogP contribution in [0.15, 0.2) is 12.3 Å². The molecule has 0 aromatic carbocycles. The molecule has 6 heteroatoms. The number of aliphatic hydroxyl groups is 1. The van der Waals surface area contributed by atoms with Crippen LogP contribution in [-0.2, 0) is 0 Å². The van der Waals surface area contributed by atoms with Crippen molar-refractivity contribution in [3.05, 3.63) is 17.8 Å². The van der Waals surface area contributed by atoms with Crippen molar-refractivity contribution in [3.8, 4) is 6.07 Å². The van der Waals surface area contributed by atoms with Gasteiger partial charge in [-0.3, -0.25) is 0 Å². The second kappa shape index (κ2) is 5.68. The first kappa shape index (κ1) is 12.7. The van der Waals surface area contributed by atoms with Crippen LogP contribution >= 0.6 is 11.8 Å². The lowest BCUT2D eigenvalue weighted by Crippen LogP contribution is -2.36. The van der Waals surface area contributed by atoms with Crippen molar-refractivity contribution in [3.63, 3.8) is 0 Å². The van der Waals surface area contributed by atoms with E-state index in [0.29, 0.717) is 23.7 Å². The summed E-state index contributed by atoms with van der Waals surface area (Å²) in [5, 5.41) is 29.2. The molecule has 0 bridgehead atoms. The molecule has 0 fully saturated rings. The summed E-state index contributed by atoms with van der Waals surface area (Å²) < 4.78 is 0. The Morgan fingerprint density at radius 2 is 2.44 bits per heavy atom. The molecule has 0 aliphatic heterocycles.